The predicted octanol–water partition coefficient (Wildman–Crippen LogP) is 2.21. The number of benzene rings is 1. The Morgan fingerprint density at radius 2 is 2.11 bits per heavy atom. The zero-order valence-electron chi connectivity index (χ0n) is 11.3. The molecule has 1 heterocycles. The number of H-pyrrole nitrogens is 1. The van der Waals surface area contributed by atoms with E-state index in [1.165, 1.54) is 6.20 Å². The fourth-order valence-electron chi connectivity index (χ4n) is 1.66. The highest BCUT2D eigenvalue weighted by atomic mass is 16.1. The van der Waals surface area contributed by atoms with Gasteiger partial charge in [-0.05, 0) is 24.6 Å². The van der Waals surface area contributed by atoms with Crippen LogP contribution in [0.25, 0.3) is 16.5 Å². The van der Waals surface area contributed by atoms with Gasteiger partial charge in [0.1, 0.15) is 5.82 Å². The van der Waals surface area contributed by atoms with E-state index in [0.717, 1.165) is 11.8 Å². The molecule has 4 N–H and O–H groups in total. The Morgan fingerprint density at radius 1 is 1.42 bits per heavy atom. The van der Waals surface area contributed by atoms with E-state index in [4.69, 9.17) is 11.1 Å². The predicted molar refractivity (Wildman–Crippen MR) is 79.4 cm³/mol. The van der Waals surface area contributed by atoms with Gasteiger partial charge in [0.25, 0.3) is 5.56 Å². The average molecular weight is 258 g/mol. The average Bonchev–Trinajstić information content (AvgIpc) is 2.43. The number of aryl methyl sites for hydroxylation is 1. The van der Waals surface area contributed by atoms with Crippen LogP contribution in [0.15, 0.2) is 29.2 Å². The van der Waals surface area contributed by atoms with Crippen molar-refractivity contribution in [1.82, 2.24) is 9.97 Å². The van der Waals surface area contributed by atoms with Crippen LogP contribution in [0.5, 0.6) is 0 Å². The van der Waals surface area contributed by atoms with Gasteiger partial charge in [0, 0.05) is 18.0 Å². The van der Waals surface area contributed by atoms with Crippen LogP contribution in [0.4, 0.5) is 0 Å². The van der Waals surface area contributed by atoms with Crippen molar-refractivity contribution in [3.05, 3.63) is 46.1 Å². The number of allylic oxidation sites excluding steroid dienone is 1. The van der Waals surface area contributed by atoms with Crippen molar-refractivity contribution in [2.75, 3.05) is 0 Å². The third-order valence-corrected chi connectivity index (χ3v) is 2.49. The van der Waals surface area contributed by atoms with Gasteiger partial charge in [-0.3, -0.25) is 4.79 Å². The van der Waals surface area contributed by atoms with Gasteiger partial charge in [-0.1, -0.05) is 19.9 Å². The monoisotopic (exact) mass is 258 g/mol. The molecule has 0 radical (unpaired) electrons. The molecule has 5 nitrogen and oxygen atoms in total. The number of aromatic nitrogens is 2. The first-order valence-corrected chi connectivity index (χ1v) is 6.09. The smallest absolute Gasteiger partial charge is 0.258 e. The summed E-state index contributed by atoms with van der Waals surface area (Å²) in [7, 11) is 0. The van der Waals surface area contributed by atoms with Crippen molar-refractivity contribution in [1.29, 1.82) is 5.41 Å². The van der Waals surface area contributed by atoms with E-state index < -0.39 is 0 Å². The zero-order valence-corrected chi connectivity index (χ0v) is 11.3. The van der Waals surface area contributed by atoms with Gasteiger partial charge in [0.05, 0.1) is 10.9 Å². The van der Waals surface area contributed by atoms with Crippen LogP contribution >= 0.6 is 0 Å². The number of nitrogens with zero attached hydrogens (tertiary/aromatic N) is 1. The van der Waals surface area contributed by atoms with Crippen molar-refractivity contribution in [3.8, 4) is 0 Å². The lowest BCUT2D eigenvalue weighted by Gasteiger charge is -2.03. The standard InChI is InChI=1S/C12H12N4O.C2H6/c1-7-15-11-3-2-8(9(5-13)6-14)4-10(11)12(17)16-7;1-2/h2-6,13H,14H2,1H3,(H,15,16,17);1-2H3/b9-6+,13-5?;. The fraction of sp³-hybridized carbons (Fsp3) is 0.214. The minimum atomic E-state index is -0.185. The van der Waals surface area contributed by atoms with Crippen molar-refractivity contribution in [2.24, 2.45) is 5.73 Å². The van der Waals surface area contributed by atoms with Crippen molar-refractivity contribution in [3.63, 3.8) is 0 Å². The van der Waals surface area contributed by atoms with Crippen molar-refractivity contribution >= 4 is 22.7 Å². The Labute approximate surface area is 111 Å². The summed E-state index contributed by atoms with van der Waals surface area (Å²) in [5, 5.41) is 7.71. The molecule has 0 amide bonds. The first kappa shape index (κ1) is 14.6. The number of nitrogens with two attached hydrogens (primary N) is 1. The number of aromatic amines is 1. The molecule has 0 atom stereocenters. The summed E-state index contributed by atoms with van der Waals surface area (Å²) in [6.45, 7) is 5.73. The van der Waals surface area contributed by atoms with E-state index in [-0.39, 0.29) is 5.56 Å². The first-order valence-electron chi connectivity index (χ1n) is 6.09. The summed E-state index contributed by atoms with van der Waals surface area (Å²) >= 11 is 0. The molecule has 5 heteroatoms. The molecular weight excluding hydrogens is 240 g/mol. The maximum Gasteiger partial charge on any atom is 0.258 e. The minimum absolute atomic E-state index is 0.185. The van der Waals surface area contributed by atoms with Gasteiger partial charge < -0.3 is 16.1 Å². The topological polar surface area (TPSA) is 95.6 Å². The Kier molecular flexibility index (Phi) is 5.00. The summed E-state index contributed by atoms with van der Waals surface area (Å²) in [5.41, 5.74) is 7.15. The molecule has 19 heavy (non-hydrogen) atoms. The normalized spacial score (nSPS) is 10.8. The molecule has 0 saturated heterocycles. The summed E-state index contributed by atoms with van der Waals surface area (Å²) in [5.74, 6) is 0.580. The molecule has 0 unspecified atom stereocenters. The van der Waals surface area contributed by atoms with Crippen LogP contribution in [0, 0.1) is 12.3 Å². The van der Waals surface area contributed by atoms with Crippen LogP contribution < -0.4 is 11.3 Å². The van der Waals surface area contributed by atoms with E-state index in [1.807, 2.05) is 13.8 Å². The second kappa shape index (κ2) is 6.49. The molecule has 2 rings (SSSR count). The lowest BCUT2D eigenvalue weighted by Crippen LogP contribution is -2.10. The molecule has 1 aromatic heterocycles. The number of fused-ring (bicyclic) bond motifs is 1. The molecule has 0 bridgehead atoms. The van der Waals surface area contributed by atoms with Gasteiger partial charge in [-0.15, -0.1) is 0 Å². The van der Waals surface area contributed by atoms with Gasteiger partial charge in [0.2, 0.25) is 0 Å². The molecule has 1 aromatic carbocycles. The Morgan fingerprint density at radius 3 is 2.68 bits per heavy atom. The van der Waals surface area contributed by atoms with Gasteiger partial charge in [-0.25, -0.2) is 4.98 Å². The number of rotatable bonds is 2. The van der Waals surface area contributed by atoms with E-state index in [1.54, 1.807) is 25.1 Å². The maximum atomic E-state index is 11.7. The highest BCUT2D eigenvalue weighted by Crippen LogP contribution is 2.16. The van der Waals surface area contributed by atoms with E-state index in [9.17, 15) is 4.79 Å². The van der Waals surface area contributed by atoms with Crippen LogP contribution in [-0.4, -0.2) is 16.2 Å². The molecule has 2 aromatic rings. The molecule has 0 aliphatic rings. The third-order valence-electron chi connectivity index (χ3n) is 2.49. The molecule has 0 fully saturated rings. The first-order chi connectivity index (χ1) is 9.15. The molecule has 100 valence electrons. The van der Waals surface area contributed by atoms with Crippen molar-refractivity contribution in [2.45, 2.75) is 20.8 Å². The summed E-state index contributed by atoms with van der Waals surface area (Å²) in [6.07, 6.45) is 2.49. The van der Waals surface area contributed by atoms with E-state index in [0.29, 0.717) is 22.3 Å². The quantitative estimate of drug-likeness (QED) is 0.720. The second-order valence-electron chi connectivity index (χ2n) is 3.65. The van der Waals surface area contributed by atoms with E-state index >= 15 is 0 Å². The summed E-state index contributed by atoms with van der Waals surface area (Å²) in [4.78, 5) is 18.6. The molecule has 0 aliphatic heterocycles. The largest absolute Gasteiger partial charge is 0.404 e. The second-order valence-corrected chi connectivity index (χ2v) is 3.65. The number of hydrogen-bond donors (Lipinski definition) is 3. The lowest BCUT2D eigenvalue weighted by molar-refractivity contribution is 1.06. The molecule has 0 saturated carbocycles. The van der Waals surface area contributed by atoms with Crippen LogP contribution in [0.3, 0.4) is 0 Å². The van der Waals surface area contributed by atoms with Crippen LogP contribution in [-0.2, 0) is 0 Å². The highest BCUT2D eigenvalue weighted by Gasteiger charge is 2.04. The summed E-state index contributed by atoms with van der Waals surface area (Å²) < 4.78 is 0. The third kappa shape index (κ3) is 3.07. The fourth-order valence-corrected chi connectivity index (χ4v) is 1.66. The van der Waals surface area contributed by atoms with Crippen LogP contribution in [0.2, 0.25) is 0 Å². The molecule has 0 spiro atoms. The number of nitrogens with one attached hydrogen (secondary N) is 2. The Hall–Kier alpha value is -2.43. The molecule has 0 aliphatic carbocycles. The Balaban J connectivity index is 0.000000861. The molecular formula is C14H18N4O. The Bertz CT molecular complexity index is 671. The van der Waals surface area contributed by atoms with E-state index in [2.05, 4.69) is 9.97 Å². The summed E-state index contributed by atoms with van der Waals surface area (Å²) in [6, 6.07) is 5.22. The van der Waals surface area contributed by atoms with Crippen molar-refractivity contribution < 1.29 is 0 Å². The van der Waals surface area contributed by atoms with Gasteiger partial charge >= 0.3 is 0 Å². The maximum absolute atomic E-state index is 11.7. The van der Waals surface area contributed by atoms with Gasteiger partial charge in [-0.2, -0.15) is 0 Å². The van der Waals surface area contributed by atoms with Crippen LogP contribution in [0.1, 0.15) is 25.2 Å². The van der Waals surface area contributed by atoms with Gasteiger partial charge in [0.15, 0.2) is 0 Å². The highest BCUT2D eigenvalue weighted by molar-refractivity contribution is 6.09. The lowest BCUT2D eigenvalue weighted by atomic mass is 10.1. The minimum Gasteiger partial charge on any atom is -0.404 e. The SMILES string of the molecule is CC.Cc1nc2ccc(/C(C=N)=C/N)cc2c(=O)[nH]1. The number of hydrogen-bond acceptors (Lipinski definition) is 4. The zero-order chi connectivity index (χ0) is 14.4.